The summed E-state index contributed by atoms with van der Waals surface area (Å²) in [6.07, 6.45) is 4.54. The van der Waals surface area contributed by atoms with Crippen molar-refractivity contribution < 1.29 is 19.0 Å². The molecule has 5 nitrogen and oxygen atoms in total. The molecule has 0 amide bonds. The molecule has 0 spiro atoms. The molecular formula is C16H14BrNO4. The quantitative estimate of drug-likeness (QED) is 0.462. The molecule has 0 bridgehead atoms. The molecule has 6 heteroatoms. The molecule has 2 rings (SSSR count). The minimum absolute atomic E-state index is 0.360. The largest absolute Gasteiger partial charge is 0.497 e. The Bertz CT molecular complexity index is 700. The zero-order valence-electron chi connectivity index (χ0n) is 12.1. The fourth-order valence-electron chi connectivity index (χ4n) is 1.70. The lowest BCUT2D eigenvalue weighted by atomic mass is 10.2. The van der Waals surface area contributed by atoms with Gasteiger partial charge in [-0.3, -0.25) is 0 Å². The lowest BCUT2D eigenvalue weighted by Gasteiger charge is -2.07. The predicted octanol–water partition coefficient (Wildman–Crippen LogP) is 3.48. The summed E-state index contributed by atoms with van der Waals surface area (Å²) >= 11 is 3.21. The van der Waals surface area contributed by atoms with E-state index < -0.39 is 5.97 Å². The van der Waals surface area contributed by atoms with Crippen molar-refractivity contribution in [3.63, 3.8) is 0 Å². The summed E-state index contributed by atoms with van der Waals surface area (Å²) in [5.41, 5.74) is 0.741. The second-order valence-corrected chi connectivity index (χ2v) is 4.91. The maximum atomic E-state index is 11.8. The smallest absolute Gasteiger partial charge is 0.336 e. The molecule has 22 heavy (non-hydrogen) atoms. The Kier molecular flexibility index (Phi) is 5.55. The molecule has 1 aromatic carbocycles. The monoisotopic (exact) mass is 363 g/mol. The number of rotatable bonds is 5. The van der Waals surface area contributed by atoms with Gasteiger partial charge in [-0.05, 0) is 46.3 Å². The number of carbonyl (C=O) groups is 1. The molecule has 114 valence electrons. The van der Waals surface area contributed by atoms with Crippen LogP contribution in [0.4, 0.5) is 0 Å². The first kappa shape index (κ1) is 16.0. The van der Waals surface area contributed by atoms with Crippen molar-refractivity contribution in [2.75, 3.05) is 14.2 Å². The lowest BCUT2D eigenvalue weighted by Crippen LogP contribution is -2.04. The standard InChI is InChI=1S/C16H14BrNO4/c1-20-12-7-5-11(14(10-12)21-2)6-8-15(19)22-13-4-3-9-18-16(13)17/h3-10H,1-2H3. The summed E-state index contributed by atoms with van der Waals surface area (Å²) in [5.74, 6) is 1.13. The summed E-state index contributed by atoms with van der Waals surface area (Å²) in [6, 6.07) is 8.65. The first-order valence-electron chi connectivity index (χ1n) is 6.36. The number of benzene rings is 1. The van der Waals surface area contributed by atoms with E-state index >= 15 is 0 Å². The van der Waals surface area contributed by atoms with E-state index in [0.29, 0.717) is 21.9 Å². The van der Waals surface area contributed by atoms with Gasteiger partial charge in [0.25, 0.3) is 0 Å². The Hall–Kier alpha value is -2.34. The minimum atomic E-state index is -0.508. The number of hydrogen-bond acceptors (Lipinski definition) is 5. The second-order valence-electron chi connectivity index (χ2n) is 4.15. The number of hydrogen-bond donors (Lipinski definition) is 0. The third-order valence-electron chi connectivity index (χ3n) is 2.78. The Balaban J connectivity index is 2.11. The number of ether oxygens (including phenoxy) is 3. The van der Waals surface area contributed by atoms with Gasteiger partial charge in [-0.2, -0.15) is 0 Å². The number of aromatic nitrogens is 1. The molecule has 0 N–H and O–H groups in total. The third-order valence-corrected chi connectivity index (χ3v) is 3.37. The Labute approximate surface area is 136 Å². The number of halogens is 1. The van der Waals surface area contributed by atoms with Crippen LogP contribution >= 0.6 is 15.9 Å². The molecule has 1 heterocycles. The van der Waals surface area contributed by atoms with E-state index in [0.717, 1.165) is 5.56 Å². The van der Waals surface area contributed by atoms with E-state index in [-0.39, 0.29) is 0 Å². The van der Waals surface area contributed by atoms with Crippen molar-refractivity contribution in [1.29, 1.82) is 0 Å². The van der Waals surface area contributed by atoms with Crippen molar-refractivity contribution in [1.82, 2.24) is 4.98 Å². The number of methoxy groups -OCH3 is 2. The highest BCUT2D eigenvalue weighted by molar-refractivity contribution is 9.10. The highest BCUT2D eigenvalue weighted by Crippen LogP contribution is 2.26. The van der Waals surface area contributed by atoms with Gasteiger partial charge in [0, 0.05) is 23.9 Å². The van der Waals surface area contributed by atoms with Crippen molar-refractivity contribution in [2.45, 2.75) is 0 Å². The van der Waals surface area contributed by atoms with Crippen LogP contribution in [0.15, 0.2) is 47.2 Å². The molecule has 0 aliphatic rings. The average Bonchev–Trinajstić information content (AvgIpc) is 2.55. The summed E-state index contributed by atoms with van der Waals surface area (Å²) in [4.78, 5) is 15.8. The molecule has 0 aliphatic heterocycles. The van der Waals surface area contributed by atoms with Crippen LogP contribution in [0.25, 0.3) is 6.08 Å². The molecule has 0 atom stereocenters. The van der Waals surface area contributed by atoms with E-state index in [9.17, 15) is 4.79 Å². The summed E-state index contributed by atoms with van der Waals surface area (Å²) in [5, 5.41) is 0. The maximum Gasteiger partial charge on any atom is 0.336 e. The van der Waals surface area contributed by atoms with Crippen LogP contribution in [0.5, 0.6) is 17.2 Å². The van der Waals surface area contributed by atoms with Gasteiger partial charge in [-0.15, -0.1) is 0 Å². The zero-order chi connectivity index (χ0) is 15.9. The number of carbonyl (C=O) groups excluding carboxylic acids is 1. The van der Waals surface area contributed by atoms with Crippen molar-refractivity contribution in [3.05, 3.63) is 52.8 Å². The highest BCUT2D eigenvalue weighted by Gasteiger charge is 2.06. The molecule has 0 unspecified atom stereocenters. The molecular weight excluding hydrogens is 350 g/mol. The fourth-order valence-corrected chi connectivity index (χ4v) is 2.04. The van der Waals surface area contributed by atoms with Gasteiger partial charge in [-0.1, -0.05) is 0 Å². The minimum Gasteiger partial charge on any atom is -0.497 e. The Morgan fingerprint density at radius 1 is 1.18 bits per heavy atom. The Morgan fingerprint density at radius 2 is 2.00 bits per heavy atom. The first-order chi connectivity index (χ1) is 10.6. The van der Waals surface area contributed by atoms with Gasteiger partial charge in [0.15, 0.2) is 5.75 Å². The van der Waals surface area contributed by atoms with Gasteiger partial charge in [-0.25, -0.2) is 9.78 Å². The van der Waals surface area contributed by atoms with E-state index in [1.54, 1.807) is 56.8 Å². The molecule has 2 aromatic rings. The summed E-state index contributed by atoms with van der Waals surface area (Å²) in [6.45, 7) is 0. The van der Waals surface area contributed by atoms with Crippen LogP contribution in [0.1, 0.15) is 5.56 Å². The summed E-state index contributed by atoms with van der Waals surface area (Å²) in [7, 11) is 3.13. The molecule has 0 saturated carbocycles. The highest BCUT2D eigenvalue weighted by atomic mass is 79.9. The van der Waals surface area contributed by atoms with Gasteiger partial charge < -0.3 is 14.2 Å². The SMILES string of the molecule is COc1ccc(C=CC(=O)Oc2cccnc2Br)c(OC)c1. The van der Waals surface area contributed by atoms with Crippen LogP contribution in [0, 0.1) is 0 Å². The van der Waals surface area contributed by atoms with E-state index in [1.165, 1.54) is 6.08 Å². The van der Waals surface area contributed by atoms with Crippen LogP contribution in [0.2, 0.25) is 0 Å². The topological polar surface area (TPSA) is 57.7 Å². The van der Waals surface area contributed by atoms with Crippen LogP contribution in [-0.2, 0) is 4.79 Å². The molecule has 0 aliphatic carbocycles. The molecule has 0 radical (unpaired) electrons. The third kappa shape index (κ3) is 4.08. The van der Waals surface area contributed by atoms with Crippen molar-refractivity contribution in [2.24, 2.45) is 0 Å². The number of pyridine rings is 1. The number of nitrogens with zero attached hydrogens (tertiary/aromatic N) is 1. The van der Waals surface area contributed by atoms with Gasteiger partial charge in [0.2, 0.25) is 0 Å². The summed E-state index contributed by atoms with van der Waals surface area (Å²) < 4.78 is 16.0. The van der Waals surface area contributed by atoms with Crippen LogP contribution in [-0.4, -0.2) is 25.2 Å². The maximum absolute atomic E-state index is 11.8. The normalized spacial score (nSPS) is 10.5. The first-order valence-corrected chi connectivity index (χ1v) is 7.15. The van der Waals surface area contributed by atoms with E-state index in [1.807, 2.05) is 0 Å². The fraction of sp³-hybridized carbons (Fsp3) is 0.125. The zero-order valence-corrected chi connectivity index (χ0v) is 13.7. The van der Waals surface area contributed by atoms with Gasteiger partial charge in [0.05, 0.1) is 14.2 Å². The predicted molar refractivity (Wildman–Crippen MR) is 86.2 cm³/mol. The Morgan fingerprint density at radius 3 is 2.68 bits per heavy atom. The van der Waals surface area contributed by atoms with Crippen molar-refractivity contribution >= 4 is 28.0 Å². The second kappa shape index (κ2) is 7.61. The van der Waals surface area contributed by atoms with Gasteiger partial charge >= 0.3 is 5.97 Å². The lowest BCUT2D eigenvalue weighted by molar-refractivity contribution is -0.128. The van der Waals surface area contributed by atoms with E-state index in [4.69, 9.17) is 14.2 Å². The van der Waals surface area contributed by atoms with Crippen molar-refractivity contribution in [3.8, 4) is 17.2 Å². The molecule has 0 fully saturated rings. The van der Waals surface area contributed by atoms with Crippen LogP contribution in [0.3, 0.4) is 0 Å². The molecule has 0 saturated heterocycles. The molecule has 1 aromatic heterocycles. The van der Waals surface area contributed by atoms with Gasteiger partial charge in [0.1, 0.15) is 16.1 Å². The van der Waals surface area contributed by atoms with Crippen LogP contribution < -0.4 is 14.2 Å². The van der Waals surface area contributed by atoms with E-state index in [2.05, 4.69) is 20.9 Å². The number of esters is 1. The average molecular weight is 364 g/mol.